The summed E-state index contributed by atoms with van der Waals surface area (Å²) in [7, 11) is 1.13. The summed E-state index contributed by atoms with van der Waals surface area (Å²) in [6.45, 7) is -0.291. The van der Waals surface area contributed by atoms with Crippen LogP contribution in [-0.2, 0) is 14.3 Å². The van der Waals surface area contributed by atoms with Crippen LogP contribution in [0.4, 0.5) is 20.2 Å². The molecule has 9 heteroatoms. The average molecular weight is 300 g/mol. The van der Waals surface area contributed by atoms with Crippen LogP contribution in [0.15, 0.2) is 12.1 Å². The van der Waals surface area contributed by atoms with Crippen LogP contribution in [0.3, 0.4) is 0 Å². The third-order valence-electron chi connectivity index (χ3n) is 3.17. The van der Waals surface area contributed by atoms with Crippen molar-refractivity contribution in [2.45, 2.75) is 6.42 Å². The molecule has 0 N–H and O–H groups in total. The number of ether oxygens (including phenoxy) is 1. The first-order chi connectivity index (χ1) is 9.86. The molecule has 21 heavy (non-hydrogen) atoms. The number of carbonyl (C=O) groups excluding carboxylic acids is 2. The van der Waals surface area contributed by atoms with Crippen molar-refractivity contribution >= 4 is 23.3 Å². The minimum Gasteiger partial charge on any atom is -0.469 e. The largest absolute Gasteiger partial charge is 0.469 e. The molecule has 0 saturated carbocycles. The Morgan fingerprint density at radius 2 is 2.14 bits per heavy atom. The molecule has 1 unspecified atom stereocenters. The van der Waals surface area contributed by atoms with Crippen LogP contribution in [0.25, 0.3) is 0 Å². The van der Waals surface area contributed by atoms with Gasteiger partial charge in [0.15, 0.2) is 0 Å². The highest BCUT2D eigenvalue weighted by atomic mass is 19.1. The maximum Gasteiger partial charge on any atom is 0.311 e. The third kappa shape index (κ3) is 2.54. The number of hydrogen-bond donors (Lipinski definition) is 0. The topological polar surface area (TPSA) is 89.8 Å². The Kier molecular flexibility index (Phi) is 3.83. The molecule has 112 valence electrons. The lowest BCUT2D eigenvalue weighted by Crippen LogP contribution is -2.28. The third-order valence-corrected chi connectivity index (χ3v) is 3.17. The molecule has 1 amide bonds. The van der Waals surface area contributed by atoms with Crippen molar-refractivity contribution < 1.29 is 28.0 Å². The first-order valence-electron chi connectivity index (χ1n) is 5.87. The molecule has 0 spiro atoms. The van der Waals surface area contributed by atoms with E-state index in [2.05, 4.69) is 4.74 Å². The maximum atomic E-state index is 14.0. The van der Waals surface area contributed by atoms with Gasteiger partial charge in [0.05, 0.1) is 18.0 Å². The summed E-state index contributed by atoms with van der Waals surface area (Å²) >= 11 is 0. The Labute approximate surface area is 117 Å². The minimum atomic E-state index is -1.45. The van der Waals surface area contributed by atoms with E-state index in [1.807, 2.05) is 0 Å². The number of nitro benzene ring substituents is 1. The van der Waals surface area contributed by atoms with Crippen molar-refractivity contribution in [3.8, 4) is 0 Å². The van der Waals surface area contributed by atoms with Gasteiger partial charge in [0.25, 0.3) is 0 Å². The molecule has 7 nitrogen and oxygen atoms in total. The van der Waals surface area contributed by atoms with Gasteiger partial charge in [-0.05, 0) is 6.07 Å². The van der Waals surface area contributed by atoms with Crippen molar-refractivity contribution in [1.29, 1.82) is 0 Å². The second-order valence-corrected chi connectivity index (χ2v) is 4.41. The standard InChI is InChI=1S/C12H10F2N2O5/c1-21-12(18)6-4-9(17)15(5-6)11-7(13)2-3-8(10(11)14)16(19)20/h2-3,6H,4-5H2,1H3. The van der Waals surface area contributed by atoms with Crippen LogP contribution < -0.4 is 4.90 Å². The van der Waals surface area contributed by atoms with Gasteiger partial charge >= 0.3 is 11.7 Å². The molecule has 1 atom stereocenters. The quantitative estimate of drug-likeness (QED) is 0.478. The first kappa shape index (κ1) is 14.8. The lowest BCUT2D eigenvalue weighted by Gasteiger charge is -2.17. The van der Waals surface area contributed by atoms with E-state index >= 15 is 0 Å². The van der Waals surface area contributed by atoms with Crippen LogP contribution in [0, 0.1) is 27.7 Å². The normalized spacial score (nSPS) is 18.0. The van der Waals surface area contributed by atoms with Gasteiger partial charge in [-0.2, -0.15) is 4.39 Å². The number of halogens is 2. The fraction of sp³-hybridized carbons (Fsp3) is 0.333. The minimum absolute atomic E-state index is 0.270. The Morgan fingerprint density at radius 1 is 1.48 bits per heavy atom. The molecule has 1 fully saturated rings. The molecule has 0 bridgehead atoms. The molecular weight excluding hydrogens is 290 g/mol. The Morgan fingerprint density at radius 3 is 2.71 bits per heavy atom. The average Bonchev–Trinajstić information content (AvgIpc) is 2.79. The van der Waals surface area contributed by atoms with Crippen molar-refractivity contribution in [1.82, 2.24) is 0 Å². The number of amides is 1. The van der Waals surface area contributed by atoms with Gasteiger partial charge in [-0.15, -0.1) is 0 Å². The Hall–Kier alpha value is -2.58. The summed E-state index contributed by atoms with van der Waals surface area (Å²) in [5, 5.41) is 10.7. The predicted octanol–water partition coefficient (Wildman–Crippen LogP) is 1.40. The SMILES string of the molecule is COC(=O)C1CC(=O)N(c2c(F)ccc([N+](=O)[O-])c2F)C1. The molecule has 1 aliphatic rings. The first-order valence-corrected chi connectivity index (χ1v) is 5.87. The van der Waals surface area contributed by atoms with E-state index in [0.717, 1.165) is 7.11 Å². The smallest absolute Gasteiger partial charge is 0.311 e. The summed E-state index contributed by atoms with van der Waals surface area (Å²) in [4.78, 5) is 33.5. The van der Waals surface area contributed by atoms with Gasteiger partial charge in [0.1, 0.15) is 11.5 Å². The van der Waals surface area contributed by atoms with Crippen molar-refractivity contribution in [2.75, 3.05) is 18.6 Å². The van der Waals surface area contributed by atoms with Gasteiger partial charge in [0.2, 0.25) is 11.7 Å². The number of nitrogens with zero attached hydrogens (tertiary/aromatic N) is 2. The van der Waals surface area contributed by atoms with Crippen molar-refractivity contribution in [3.05, 3.63) is 33.9 Å². The van der Waals surface area contributed by atoms with Gasteiger partial charge in [-0.3, -0.25) is 19.7 Å². The van der Waals surface area contributed by atoms with Crippen molar-refractivity contribution in [3.63, 3.8) is 0 Å². The monoisotopic (exact) mass is 300 g/mol. The zero-order valence-corrected chi connectivity index (χ0v) is 10.8. The number of carbonyl (C=O) groups is 2. The number of rotatable bonds is 3. The molecule has 2 rings (SSSR count). The Balaban J connectivity index is 2.43. The summed E-state index contributed by atoms with van der Waals surface area (Å²) < 4.78 is 32.3. The summed E-state index contributed by atoms with van der Waals surface area (Å²) in [5.74, 6) is -4.81. The van der Waals surface area contributed by atoms with Crippen LogP contribution in [0.5, 0.6) is 0 Å². The zero-order valence-electron chi connectivity index (χ0n) is 10.8. The summed E-state index contributed by atoms with van der Waals surface area (Å²) in [6.07, 6.45) is -0.270. The molecule has 1 aromatic rings. The Bertz CT molecular complexity index is 634. The second kappa shape index (κ2) is 5.43. The zero-order chi connectivity index (χ0) is 15.7. The highest BCUT2D eigenvalue weighted by molar-refractivity contribution is 5.99. The second-order valence-electron chi connectivity index (χ2n) is 4.41. The molecule has 1 aliphatic heterocycles. The highest BCUT2D eigenvalue weighted by Crippen LogP contribution is 2.34. The van der Waals surface area contributed by atoms with Crippen LogP contribution in [0.1, 0.15) is 6.42 Å². The van der Waals surface area contributed by atoms with E-state index < -0.39 is 45.7 Å². The van der Waals surface area contributed by atoms with Crippen molar-refractivity contribution in [2.24, 2.45) is 5.92 Å². The van der Waals surface area contributed by atoms with Crippen LogP contribution in [0.2, 0.25) is 0 Å². The van der Waals surface area contributed by atoms with E-state index in [-0.39, 0.29) is 13.0 Å². The molecule has 1 saturated heterocycles. The lowest BCUT2D eigenvalue weighted by atomic mass is 10.1. The van der Waals surface area contributed by atoms with Gasteiger partial charge in [0, 0.05) is 19.0 Å². The summed E-state index contributed by atoms with van der Waals surface area (Å²) in [5.41, 5.74) is -1.76. The molecule has 0 radical (unpaired) electrons. The number of anilines is 1. The molecule has 1 heterocycles. The lowest BCUT2D eigenvalue weighted by molar-refractivity contribution is -0.387. The number of methoxy groups -OCH3 is 1. The van der Waals surface area contributed by atoms with E-state index in [0.29, 0.717) is 17.0 Å². The van der Waals surface area contributed by atoms with E-state index in [4.69, 9.17) is 0 Å². The van der Waals surface area contributed by atoms with Crippen LogP contribution >= 0.6 is 0 Å². The van der Waals surface area contributed by atoms with Gasteiger partial charge in [-0.1, -0.05) is 0 Å². The molecule has 1 aromatic carbocycles. The van der Waals surface area contributed by atoms with Crippen LogP contribution in [-0.4, -0.2) is 30.5 Å². The van der Waals surface area contributed by atoms with Gasteiger partial charge < -0.3 is 9.64 Å². The van der Waals surface area contributed by atoms with E-state index in [1.165, 1.54) is 0 Å². The number of benzene rings is 1. The highest BCUT2D eigenvalue weighted by Gasteiger charge is 2.39. The fourth-order valence-electron chi connectivity index (χ4n) is 2.17. The fourth-order valence-corrected chi connectivity index (χ4v) is 2.17. The number of esters is 1. The van der Waals surface area contributed by atoms with E-state index in [9.17, 15) is 28.5 Å². The molecular formula is C12H10F2N2O5. The predicted molar refractivity (Wildman–Crippen MR) is 65.5 cm³/mol. The molecule has 0 aromatic heterocycles. The van der Waals surface area contributed by atoms with Gasteiger partial charge in [-0.25, -0.2) is 4.39 Å². The molecule has 0 aliphatic carbocycles. The number of hydrogen-bond acceptors (Lipinski definition) is 5. The van der Waals surface area contributed by atoms with E-state index in [1.54, 1.807) is 0 Å². The number of nitro groups is 1. The maximum absolute atomic E-state index is 14.0. The summed E-state index contributed by atoms with van der Waals surface area (Å²) in [6, 6.07) is 1.38.